The summed E-state index contributed by atoms with van der Waals surface area (Å²) in [5.74, 6) is 0.541. The van der Waals surface area contributed by atoms with Crippen molar-refractivity contribution >= 4 is 22.6 Å². The van der Waals surface area contributed by atoms with E-state index in [1.165, 1.54) is 16.8 Å². The van der Waals surface area contributed by atoms with Crippen molar-refractivity contribution in [3.05, 3.63) is 68.6 Å². The number of amides is 1. The van der Waals surface area contributed by atoms with Gasteiger partial charge < -0.3 is 19.0 Å². The lowest BCUT2D eigenvalue weighted by Gasteiger charge is -2.37. The summed E-state index contributed by atoms with van der Waals surface area (Å²) in [5, 5.41) is 0.750. The highest BCUT2D eigenvalue weighted by atomic mass is 16.5. The lowest BCUT2D eigenvalue weighted by Crippen LogP contribution is -2.50. The van der Waals surface area contributed by atoms with E-state index in [4.69, 9.17) is 9.15 Å². The van der Waals surface area contributed by atoms with Crippen molar-refractivity contribution in [3.63, 3.8) is 0 Å². The Bertz CT molecular complexity index is 1240. The summed E-state index contributed by atoms with van der Waals surface area (Å²) in [6.07, 6.45) is 0. The molecule has 32 heavy (non-hydrogen) atoms. The Morgan fingerprint density at radius 3 is 2.41 bits per heavy atom. The molecule has 1 aliphatic heterocycles. The Hall–Kier alpha value is -3.28. The molecule has 0 unspecified atom stereocenters. The van der Waals surface area contributed by atoms with Crippen LogP contribution in [0.15, 0.2) is 39.5 Å². The maximum Gasteiger partial charge on any atom is 0.339 e. The number of hydrogen-bond donors (Lipinski definition) is 0. The number of ether oxygens (including phenoxy) is 1. The van der Waals surface area contributed by atoms with Crippen molar-refractivity contribution in [3.8, 4) is 5.75 Å². The molecule has 6 heteroatoms. The number of rotatable bonds is 4. The zero-order valence-corrected chi connectivity index (χ0v) is 19.4. The zero-order valence-electron chi connectivity index (χ0n) is 19.4. The molecular formula is C26H30N2O4. The molecule has 168 valence electrons. The van der Waals surface area contributed by atoms with E-state index in [2.05, 4.69) is 36.9 Å². The molecule has 2 aromatic carbocycles. The summed E-state index contributed by atoms with van der Waals surface area (Å²) in [6, 6.07) is 10.1. The third-order valence-corrected chi connectivity index (χ3v) is 6.56. The van der Waals surface area contributed by atoms with Crippen LogP contribution in [0.3, 0.4) is 0 Å². The molecule has 1 aromatic heterocycles. The number of carbonyl (C=O) groups excluding carboxylic acids is 1. The van der Waals surface area contributed by atoms with Gasteiger partial charge in [-0.1, -0.05) is 12.1 Å². The van der Waals surface area contributed by atoms with Gasteiger partial charge in [-0.05, 0) is 75.1 Å². The van der Waals surface area contributed by atoms with Crippen molar-refractivity contribution in [2.45, 2.75) is 34.6 Å². The van der Waals surface area contributed by atoms with Gasteiger partial charge in [-0.15, -0.1) is 0 Å². The lowest BCUT2D eigenvalue weighted by molar-refractivity contribution is -0.133. The first-order valence-electron chi connectivity index (χ1n) is 11.0. The molecule has 6 nitrogen and oxygen atoms in total. The second kappa shape index (κ2) is 8.69. The molecule has 0 radical (unpaired) electrons. The number of benzene rings is 2. The highest BCUT2D eigenvalue weighted by Crippen LogP contribution is 2.31. The maximum atomic E-state index is 12.9. The summed E-state index contributed by atoms with van der Waals surface area (Å²) in [4.78, 5) is 29.1. The maximum absolute atomic E-state index is 12.9. The predicted molar refractivity (Wildman–Crippen MR) is 127 cm³/mol. The number of hydrogen-bond acceptors (Lipinski definition) is 5. The number of nitrogens with zero attached hydrogens (tertiary/aromatic N) is 2. The van der Waals surface area contributed by atoms with E-state index >= 15 is 0 Å². The average Bonchev–Trinajstić information content (AvgIpc) is 2.77. The minimum absolute atomic E-state index is 0.0352. The Balaban J connectivity index is 1.45. The SMILES string of the molecule is Cc1cc(OCC(=O)N2CCN(c3cccc(C)c3C)CC2)c2c(C)c(C)c(=O)oc2c1. The highest BCUT2D eigenvalue weighted by molar-refractivity contribution is 5.88. The number of anilines is 1. The van der Waals surface area contributed by atoms with E-state index in [9.17, 15) is 9.59 Å². The van der Waals surface area contributed by atoms with Gasteiger partial charge in [0.25, 0.3) is 5.91 Å². The average molecular weight is 435 g/mol. The number of aryl methyl sites for hydroxylation is 3. The molecule has 1 amide bonds. The molecule has 4 rings (SSSR count). The molecule has 1 aliphatic rings. The van der Waals surface area contributed by atoms with Crippen molar-refractivity contribution in [1.82, 2.24) is 4.90 Å². The van der Waals surface area contributed by atoms with Crippen molar-refractivity contribution in [2.75, 3.05) is 37.7 Å². The summed E-state index contributed by atoms with van der Waals surface area (Å²) < 4.78 is 11.4. The Morgan fingerprint density at radius 2 is 1.69 bits per heavy atom. The monoisotopic (exact) mass is 434 g/mol. The summed E-state index contributed by atoms with van der Waals surface area (Å²) in [7, 11) is 0. The van der Waals surface area contributed by atoms with Gasteiger partial charge >= 0.3 is 5.63 Å². The van der Waals surface area contributed by atoms with E-state index in [0.717, 1.165) is 29.6 Å². The Morgan fingerprint density at radius 1 is 0.969 bits per heavy atom. The topological polar surface area (TPSA) is 63.0 Å². The van der Waals surface area contributed by atoms with Crippen molar-refractivity contribution < 1.29 is 13.9 Å². The largest absolute Gasteiger partial charge is 0.483 e. The normalized spacial score (nSPS) is 14.2. The molecule has 0 N–H and O–H groups in total. The van der Waals surface area contributed by atoms with Crippen LogP contribution in [0.1, 0.15) is 27.8 Å². The number of fused-ring (bicyclic) bond motifs is 1. The third kappa shape index (κ3) is 4.09. The van der Waals surface area contributed by atoms with Crippen LogP contribution in [0.5, 0.6) is 5.75 Å². The summed E-state index contributed by atoms with van der Waals surface area (Å²) in [5.41, 5.74) is 6.24. The molecule has 1 saturated heterocycles. The van der Waals surface area contributed by atoms with Crippen LogP contribution in [-0.4, -0.2) is 43.6 Å². The lowest BCUT2D eigenvalue weighted by atomic mass is 10.0. The molecule has 0 aliphatic carbocycles. The second-order valence-electron chi connectivity index (χ2n) is 8.65. The van der Waals surface area contributed by atoms with Gasteiger partial charge in [0.2, 0.25) is 0 Å². The molecule has 1 fully saturated rings. The molecule has 0 atom stereocenters. The zero-order chi connectivity index (χ0) is 23.0. The Kier molecular flexibility index (Phi) is 5.96. The summed E-state index contributed by atoms with van der Waals surface area (Å²) >= 11 is 0. The number of carbonyl (C=O) groups is 1. The van der Waals surface area contributed by atoms with Crippen molar-refractivity contribution in [1.29, 1.82) is 0 Å². The highest BCUT2D eigenvalue weighted by Gasteiger charge is 2.23. The van der Waals surface area contributed by atoms with Crippen LogP contribution in [0.4, 0.5) is 5.69 Å². The van der Waals surface area contributed by atoms with E-state index in [1.54, 1.807) is 6.92 Å². The van der Waals surface area contributed by atoms with E-state index in [1.807, 2.05) is 30.9 Å². The standard InChI is InChI=1S/C26H30N2O4/c1-16-13-22(25-19(4)20(5)26(30)32-23(25)14-16)31-15-24(29)28-11-9-27(10-12-28)21-8-6-7-17(2)18(21)3/h6-8,13-14H,9-12,15H2,1-5H3. The first-order valence-corrected chi connectivity index (χ1v) is 11.0. The molecule has 2 heterocycles. The molecule has 3 aromatic rings. The molecule has 0 bridgehead atoms. The van der Waals surface area contributed by atoms with Crippen LogP contribution in [0.25, 0.3) is 11.0 Å². The van der Waals surface area contributed by atoms with E-state index < -0.39 is 0 Å². The van der Waals surface area contributed by atoms with Crippen LogP contribution < -0.4 is 15.3 Å². The van der Waals surface area contributed by atoms with Gasteiger partial charge in [-0.25, -0.2) is 4.79 Å². The quantitative estimate of drug-likeness (QED) is 0.580. The van der Waals surface area contributed by atoms with Gasteiger partial charge in [-0.2, -0.15) is 0 Å². The van der Waals surface area contributed by atoms with Crippen LogP contribution in [0, 0.1) is 34.6 Å². The van der Waals surface area contributed by atoms with E-state index in [0.29, 0.717) is 30.0 Å². The summed E-state index contributed by atoms with van der Waals surface area (Å²) in [6.45, 7) is 12.7. The minimum Gasteiger partial charge on any atom is -0.483 e. The molecule has 0 spiro atoms. The van der Waals surface area contributed by atoms with Crippen LogP contribution in [-0.2, 0) is 4.79 Å². The smallest absolute Gasteiger partial charge is 0.339 e. The molecule has 0 saturated carbocycles. The third-order valence-electron chi connectivity index (χ3n) is 6.56. The number of piperazine rings is 1. The van der Waals surface area contributed by atoms with Gasteiger partial charge in [0.1, 0.15) is 11.3 Å². The fraction of sp³-hybridized carbons (Fsp3) is 0.385. The molecular weight excluding hydrogens is 404 g/mol. The van der Waals surface area contributed by atoms with Crippen molar-refractivity contribution in [2.24, 2.45) is 0 Å². The van der Waals surface area contributed by atoms with Gasteiger partial charge in [0, 0.05) is 37.4 Å². The van der Waals surface area contributed by atoms with Gasteiger partial charge in [0.15, 0.2) is 6.61 Å². The fourth-order valence-electron chi connectivity index (χ4n) is 4.31. The van der Waals surface area contributed by atoms with Crippen LogP contribution in [0.2, 0.25) is 0 Å². The predicted octanol–water partition coefficient (Wildman–Crippen LogP) is 4.06. The second-order valence-corrected chi connectivity index (χ2v) is 8.65. The Labute approximate surface area is 188 Å². The minimum atomic E-state index is -0.343. The van der Waals surface area contributed by atoms with Gasteiger partial charge in [-0.3, -0.25) is 4.79 Å². The van der Waals surface area contributed by atoms with Gasteiger partial charge in [0.05, 0.1) is 5.39 Å². The van der Waals surface area contributed by atoms with Crippen LogP contribution >= 0.6 is 0 Å². The first kappa shape index (κ1) is 21.9. The first-order chi connectivity index (χ1) is 15.3. The fourth-order valence-corrected chi connectivity index (χ4v) is 4.31. The van der Waals surface area contributed by atoms with E-state index in [-0.39, 0.29) is 18.1 Å².